The Morgan fingerprint density at radius 2 is 1.96 bits per heavy atom. The van der Waals surface area contributed by atoms with E-state index >= 15 is 0 Å². The summed E-state index contributed by atoms with van der Waals surface area (Å²) in [6, 6.07) is 9.62. The van der Waals surface area contributed by atoms with Gasteiger partial charge < -0.3 is 15.2 Å². The molecule has 1 aromatic heterocycles. The quantitative estimate of drug-likeness (QED) is 0.806. The van der Waals surface area contributed by atoms with Gasteiger partial charge in [0.15, 0.2) is 0 Å². The second kappa shape index (κ2) is 7.67. The summed E-state index contributed by atoms with van der Waals surface area (Å²) in [7, 11) is 0. The number of rotatable bonds is 7. The maximum atomic E-state index is 13.2. The van der Waals surface area contributed by atoms with Crippen LogP contribution in [-0.4, -0.2) is 22.6 Å². The van der Waals surface area contributed by atoms with Crippen LogP contribution in [0, 0.1) is 0 Å². The second-order valence-corrected chi connectivity index (χ2v) is 4.92. The van der Waals surface area contributed by atoms with E-state index in [0.29, 0.717) is 0 Å². The van der Waals surface area contributed by atoms with Gasteiger partial charge in [-0.25, -0.2) is 4.98 Å². The second-order valence-electron chi connectivity index (χ2n) is 4.92. The molecule has 0 atom stereocenters. The summed E-state index contributed by atoms with van der Waals surface area (Å²) >= 11 is 0. The Hall–Kier alpha value is -2.77. The molecule has 0 spiro atoms. The number of carboxylic acid groups (broad SMARTS) is 1. The average Bonchev–Trinajstić information content (AvgIpc) is 2.53. The fourth-order valence-electron chi connectivity index (χ4n) is 1.91. The van der Waals surface area contributed by atoms with Crippen LogP contribution in [0.5, 0.6) is 5.88 Å². The third kappa shape index (κ3) is 5.15. The van der Waals surface area contributed by atoms with Crippen molar-refractivity contribution in [3.63, 3.8) is 0 Å². The van der Waals surface area contributed by atoms with Crippen LogP contribution in [0.4, 0.5) is 18.9 Å². The molecule has 0 aliphatic heterocycles. The van der Waals surface area contributed by atoms with E-state index in [0.717, 1.165) is 11.6 Å². The van der Waals surface area contributed by atoms with E-state index in [9.17, 15) is 18.0 Å². The van der Waals surface area contributed by atoms with Gasteiger partial charge in [0.1, 0.15) is 12.2 Å². The number of hydrogen-bond donors (Lipinski definition) is 2. The molecule has 1 aromatic carbocycles. The average molecular weight is 340 g/mol. The van der Waals surface area contributed by atoms with Crippen LogP contribution in [-0.2, 0) is 17.6 Å². The van der Waals surface area contributed by atoms with Crippen LogP contribution >= 0.6 is 0 Å². The van der Waals surface area contributed by atoms with Gasteiger partial charge in [0.05, 0.1) is 18.3 Å². The highest BCUT2D eigenvalue weighted by molar-refractivity contribution is 5.67. The first-order chi connectivity index (χ1) is 11.4. The molecule has 0 unspecified atom stereocenters. The number of benzene rings is 1. The molecule has 1 heterocycles. The van der Waals surface area contributed by atoms with Gasteiger partial charge in [-0.05, 0) is 11.6 Å². The number of pyridine rings is 1. The molecule has 0 saturated heterocycles. The van der Waals surface area contributed by atoms with Gasteiger partial charge in [0.25, 0.3) is 0 Å². The number of aromatic nitrogens is 1. The zero-order valence-electron chi connectivity index (χ0n) is 12.5. The van der Waals surface area contributed by atoms with Crippen molar-refractivity contribution in [1.29, 1.82) is 0 Å². The molecule has 2 aromatic rings. The Labute approximate surface area is 136 Å². The summed E-state index contributed by atoms with van der Waals surface area (Å²) < 4.78 is 44.7. The summed E-state index contributed by atoms with van der Waals surface area (Å²) in [6.07, 6.45) is -3.67. The number of alkyl halides is 3. The number of nitrogens with one attached hydrogen (secondary N) is 1. The van der Waals surface area contributed by atoms with Gasteiger partial charge in [-0.1, -0.05) is 30.3 Å². The fourth-order valence-corrected chi connectivity index (χ4v) is 1.91. The van der Waals surface area contributed by atoms with Gasteiger partial charge in [-0.15, -0.1) is 0 Å². The lowest BCUT2D eigenvalue weighted by molar-refractivity contribution is -0.139. The van der Waals surface area contributed by atoms with E-state index in [1.54, 1.807) is 30.3 Å². The number of halogens is 3. The molecule has 24 heavy (non-hydrogen) atoms. The number of hydrogen-bond acceptors (Lipinski definition) is 4. The Morgan fingerprint density at radius 1 is 1.25 bits per heavy atom. The molecular formula is C16H15F3N2O3. The zero-order valence-corrected chi connectivity index (χ0v) is 12.5. The van der Waals surface area contributed by atoms with Crippen LogP contribution in [0.25, 0.3) is 0 Å². The van der Waals surface area contributed by atoms with Crippen molar-refractivity contribution in [3.05, 3.63) is 53.7 Å². The predicted octanol–water partition coefficient (Wildman–Crippen LogP) is 3.57. The topological polar surface area (TPSA) is 71.5 Å². The lowest BCUT2D eigenvalue weighted by Gasteiger charge is -2.15. The summed E-state index contributed by atoms with van der Waals surface area (Å²) in [5.41, 5.74) is -0.217. The van der Waals surface area contributed by atoms with Crippen molar-refractivity contribution >= 4 is 11.7 Å². The first-order valence-corrected chi connectivity index (χ1v) is 7.06. The Bertz CT molecular complexity index is 691. The van der Waals surface area contributed by atoms with Crippen molar-refractivity contribution in [1.82, 2.24) is 4.98 Å². The molecule has 0 fully saturated rings. The largest absolute Gasteiger partial charge is 0.481 e. The van der Waals surface area contributed by atoms with Crippen LogP contribution in [0.2, 0.25) is 0 Å². The van der Waals surface area contributed by atoms with E-state index in [-0.39, 0.29) is 25.3 Å². The molecule has 0 bridgehead atoms. The molecule has 0 radical (unpaired) electrons. The maximum Gasteiger partial charge on any atom is 0.421 e. The van der Waals surface area contributed by atoms with Crippen molar-refractivity contribution in [2.75, 3.05) is 11.9 Å². The lowest BCUT2D eigenvalue weighted by Crippen LogP contribution is -2.13. The van der Waals surface area contributed by atoms with Crippen LogP contribution < -0.4 is 10.1 Å². The Morgan fingerprint density at radius 3 is 2.58 bits per heavy atom. The number of carboxylic acids is 1. The Balaban J connectivity index is 2.13. The van der Waals surface area contributed by atoms with Crippen molar-refractivity contribution < 1.29 is 27.8 Å². The molecule has 0 amide bonds. The van der Waals surface area contributed by atoms with Gasteiger partial charge in [0, 0.05) is 6.54 Å². The molecule has 8 heteroatoms. The van der Waals surface area contributed by atoms with Gasteiger partial charge in [-0.2, -0.15) is 13.2 Å². The highest BCUT2D eigenvalue weighted by atomic mass is 19.4. The highest BCUT2D eigenvalue weighted by Gasteiger charge is 2.35. The van der Waals surface area contributed by atoms with Crippen molar-refractivity contribution in [2.24, 2.45) is 0 Å². The number of aliphatic carboxylic acids is 1. The molecular weight excluding hydrogens is 325 g/mol. The summed E-state index contributed by atoms with van der Waals surface area (Å²) in [5, 5.41) is 11.1. The number of nitrogens with zero attached hydrogens (tertiary/aromatic N) is 1. The molecule has 0 saturated carbocycles. The first-order valence-electron chi connectivity index (χ1n) is 7.06. The van der Waals surface area contributed by atoms with Gasteiger partial charge >= 0.3 is 12.1 Å². The molecule has 0 aliphatic rings. The van der Waals surface area contributed by atoms with Crippen molar-refractivity contribution in [2.45, 2.75) is 19.2 Å². The molecule has 128 valence electrons. The van der Waals surface area contributed by atoms with Crippen molar-refractivity contribution in [3.8, 4) is 5.88 Å². The maximum absolute atomic E-state index is 13.2. The van der Waals surface area contributed by atoms with Crippen LogP contribution in [0.1, 0.15) is 17.5 Å². The SMILES string of the molecule is O=C(O)CCNc1cnc(OCc2ccccc2)c(C(F)(F)F)c1. The molecule has 2 rings (SSSR count). The molecule has 0 aliphatic carbocycles. The summed E-state index contributed by atoms with van der Waals surface area (Å²) in [6.45, 7) is -0.0404. The van der Waals surface area contributed by atoms with E-state index in [1.165, 1.54) is 6.20 Å². The molecule has 2 N–H and O–H groups in total. The molecule has 5 nitrogen and oxygen atoms in total. The van der Waals surface area contributed by atoms with Gasteiger partial charge in [-0.3, -0.25) is 4.79 Å². The number of carbonyl (C=O) groups is 1. The highest BCUT2D eigenvalue weighted by Crippen LogP contribution is 2.36. The fraction of sp³-hybridized carbons (Fsp3) is 0.250. The smallest absolute Gasteiger partial charge is 0.421 e. The lowest BCUT2D eigenvalue weighted by atomic mass is 10.2. The Kier molecular flexibility index (Phi) is 5.62. The predicted molar refractivity (Wildman–Crippen MR) is 80.8 cm³/mol. The third-order valence-corrected chi connectivity index (χ3v) is 3.04. The van der Waals surface area contributed by atoms with E-state index in [4.69, 9.17) is 9.84 Å². The summed E-state index contributed by atoms with van der Waals surface area (Å²) in [4.78, 5) is 14.1. The standard InChI is InChI=1S/C16H15F3N2O3/c17-16(18,19)13-8-12(20-7-6-14(22)23)9-21-15(13)24-10-11-4-2-1-3-5-11/h1-5,8-9,20H,6-7,10H2,(H,22,23). The minimum atomic E-state index is -4.64. The van der Waals surface area contributed by atoms with E-state index in [2.05, 4.69) is 10.3 Å². The summed E-state index contributed by atoms with van der Waals surface area (Å²) in [5.74, 6) is -1.57. The first kappa shape index (κ1) is 17.6. The number of ether oxygens (including phenoxy) is 1. The van der Waals surface area contributed by atoms with Crippen LogP contribution in [0.3, 0.4) is 0 Å². The minimum Gasteiger partial charge on any atom is -0.481 e. The third-order valence-electron chi connectivity index (χ3n) is 3.04. The normalized spacial score (nSPS) is 11.1. The monoisotopic (exact) mass is 340 g/mol. The van der Waals surface area contributed by atoms with E-state index < -0.39 is 23.6 Å². The van der Waals surface area contributed by atoms with E-state index in [1.807, 2.05) is 0 Å². The van der Waals surface area contributed by atoms with Crippen LogP contribution in [0.15, 0.2) is 42.6 Å². The van der Waals surface area contributed by atoms with Gasteiger partial charge in [0.2, 0.25) is 5.88 Å². The minimum absolute atomic E-state index is 0.00146. The zero-order chi connectivity index (χ0) is 17.6. The number of anilines is 1.